The monoisotopic (exact) mass is 475 g/mol. The second-order valence-corrected chi connectivity index (χ2v) is 8.30. The first-order valence-electron chi connectivity index (χ1n) is 10.7. The lowest BCUT2D eigenvalue weighted by molar-refractivity contribution is -0.144. The molecule has 0 fully saturated rings. The largest absolute Gasteiger partial charge is 0.480 e. The average molecular weight is 476 g/mol. The van der Waals surface area contributed by atoms with Crippen molar-refractivity contribution >= 4 is 42.2 Å². The molecule has 0 unspecified atom stereocenters. The Labute approximate surface area is 194 Å². The first-order valence-corrected chi connectivity index (χ1v) is 11.3. The van der Waals surface area contributed by atoms with E-state index in [-0.39, 0.29) is 30.4 Å². The number of carboxylic acids is 1. The van der Waals surface area contributed by atoms with Crippen molar-refractivity contribution in [3.63, 3.8) is 0 Å². The Hall–Kier alpha value is -2.34. The molecular weight excluding hydrogens is 438 g/mol. The van der Waals surface area contributed by atoms with Gasteiger partial charge >= 0.3 is 5.97 Å². The zero-order valence-electron chi connectivity index (χ0n) is 19.1. The van der Waals surface area contributed by atoms with E-state index in [1.54, 1.807) is 20.8 Å². The third-order valence-corrected chi connectivity index (χ3v) is 5.81. The molecule has 0 aromatic heterocycles. The van der Waals surface area contributed by atoms with Crippen LogP contribution in [-0.4, -0.2) is 64.6 Å². The summed E-state index contributed by atoms with van der Waals surface area (Å²) in [6.45, 7) is 7.04. The third kappa shape index (κ3) is 9.86. The SMILES string of the molecule is CC[C@H](C)[C@H](NC(=O)[C@H](CCC(N)=O)NC(=O)[C@@H](NC(=O)[C@@H](N)CS)[C@@H](C)CC)C(=O)O. The summed E-state index contributed by atoms with van der Waals surface area (Å²) >= 11 is 3.97. The Morgan fingerprint density at radius 1 is 0.875 bits per heavy atom. The quantitative estimate of drug-likeness (QED) is 0.150. The molecule has 6 atom stereocenters. The van der Waals surface area contributed by atoms with Crippen LogP contribution in [0.15, 0.2) is 0 Å². The van der Waals surface area contributed by atoms with Crippen LogP contribution in [0.4, 0.5) is 0 Å². The maximum absolute atomic E-state index is 13.0. The number of thiol groups is 1. The lowest BCUT2D eigenvalue weighted by Gasteiger charge is -2.28. The number of primary amides is 1. The number of aliphatic carboxylic acids is 1. The van der Waals surface area contributed by atoms with Gasteiger partial charge in [0.05, 0.1) is 6.04 Å². The Morgan fingerprint density at radius 2 is 1.38 bits per heavy atom. The van der Waals surface area contributed by atoms with E-state index in [0.717, 1.165) is 0 Å². The second kappa shape index (κ2) is 14.7. The van der Waals surface area contributed by atoms with Crippen molar-refractivity contribution in [3.8, 4) is 0 Å². The zero-order chi connectivity index (χ0) is 25.0. The molecule has 8 N–H and O–H groups in total. The van der Waals surface area contributed by atoms with Crippen LogP contribution in [0.5, 0.6) is 0 Å². The van der Waals surface area contributed by atoms with Crippen LogP contribution in [0.1, 0.15) is 53.4 Å². The Kier molecular flexibility index (Phi) is 13.6. The lowest BCUT2D eigenvalue weighted by Crippen LogP contribution is -2.59. The molecule has 0 bridgehead atoms. The first-order chi connectivity index (χ1) is 14.9. The molecule has 0 heterocycles. The van der Waals surface area contributed by atoms with Gasteiger partial charge in [0.15, 0.2) is 0 Å². The molecule has 0 aliphatic rings. The van der Waals surface area contributed by atoms with Gasteiger partial charge < -0.3 is 32.5 Å². The number of amides is 4. The predicted octanol–water partition coefficient (Wildman–Crippen LogP) is -0.860. The highest BCUT2D eigenvalue weighted by atomic mass is 32.1. The molecule has 184 valence electrons. The number of carboxylic acid groups (broad SMARTS) is 1. The molecule has 0 rings (SSSR count). The number of nitrogens with one attached hydrogen (secondary N) is 3. The maximum atomic E-state index is 13.0. The summed E-state index contributed by atoms with van der Waals surface area (Å²) in [5, 5.41) is 17.0. The molecule has 0 saturated heterocycles. The summed E-state index contributed by atoms with van der Waals surface area (Å²) in [4.78, 5) is 60.8. The minimum atomic E-state index is -1.22. The second-order valence-electron chi connectivity index (χ2n) is 7.94. The maximum Gasteiger partial charge on any atom is 0.326 e. The fraction of sp³-hybridized carbons (Fsp3) is 0.750. The molecular formula is C20H37N5O6S. The van der Waals surface area contributed by atoms with Gasteiger partial charge in [0.1, 0.15) is 18.1 Å². The van der Waals surface area contributed by atoms with Crippen LogP contribution in [0.25, 0.3) is 0 Å². The highest BCUT2D eigenvalue weighted by molar-refractivity contribution is 7.80. The smallest absolute Gasteiger partial charge is 0.326 e. The molecule has 0 aromatic carbocycles. The molecule has 0 aliphatic carbocycles. The zero-order valence-corrected chi connectivity index (χ0v) is 20.0. The van der Waals surface area contributed by atoms with Gasteiger partial charge in [-0.3, -0.25) is 19.2 Å². The van der Waals surface area contributed by atoms with Gasteiger partial charge in [-0.15, -0.1) is 0 Å². The van der Waals surface area contributed by atoms with Crippen molar-refractivity contribution in [2.75, 3.05) is 5.75 Å². The van der Waals surface area contributed by atoms with Crippen molar-refractivity contribution in [3.05, 3.63) is 0 Å². The predicted molar refractivity (Wildman–Crippen MR) is 123 cm³/mol. The van der Waals surface area contributed by atoms with Crippen molar-refractivity contribution in [1.82, 2.24) is 16.0 Å². The first kappa shape index (κ1) is 29.7. The van der Waals surface area contributed by atoms with Crippen LogP contribution < -0.4 is 27.4 Å². The number of nitrogens with two attached hydrogens (primary N) is 2. The van der Waals surface area contributed by atoms with Gasteiger partial charge in [-0.1, -0.05) is 40.5 Å². The molecule has 32 heavy (non-hydrogen) atoms. The van der Waals surface area contributed by atoms with Gasteiger partial charge in [-0.2, -0.15) is 12.6 Å². The Bertz CT molecular complexity index is 677. The molecule has 4 amide bonds. The number of carbonyl (C=O) groups is 5. The summed E-state index contributed by atoms with van der Waals surface area (Å²) in [6, 6.07) is -4.30. The van der Waals surface area contributed by atoms with Gasteiger partial charge in [0.2, 0.25) is 23.6 Å². The van der Waals surface area contributed by atoms with E-state index in [2.05, 4.69) is 28.6 Å². The molecule has 0 aliphatic heterocycles. The van der Waals surface area contributed by atoms with Gasteiger partial charge in [0, 0.05) is 12.2 Å². The number of hydrogen-bond acceptors (Lipinski definition) is 7. The van der Waals surface area contributed by atoms with Crippen LogP contribution in [-0.2, 0) is 24.0 Å². The van der Waals surface area contributed by atoms with Crippen molar-refractivity contribution in [1.29, 1.82) is 0 Å². The van der Waals surface area contributed by atoms with Crippen LogP contribution >= 0.6 is 12.6 Å². The van der Waals surface area contributed by atoms with Crippen LogP contribution in [0, 0.1) is 11.8 Å². The highest BCUT2D eigenvalue weighted by Crippen LogP contribution is 2.12. The van der Waals surface area contributed by atoms with Gasteiger partial charge in [-0.05, 0) is 18.3 Å². The molecule has 0 aromatic rings. The standard InChI is InChI=1S/C20H37N5O6S/c1-5-10(3)15(24-17(27)12(21)9-32)19(29)23-13(7-8-14(22)26)18(28)25-16(20(30)31)11(4)6-2/h10-13,15-16,32H,5-9,21H2,1-4H3,(H2,22,26)(H,23,29)(H,24,27)(H,25,28)(H,30,31)/t10-,11-,12-,13-,15-,16-/m0/s1. The van der Waals surface area contributed by atoms with Crippen molar-refractivity contribution < 1.29 is 29.1 Å². The van der Waals surface area contributed by atoms with Crippen LogP contribution in [0.2, 0.25) is 0 Å². The molecule has 0 radical (unpaired) electrons. The Morgan fingerprint density at radius 3 is 1.81 bits per heavy atom. The van der Waals surface area contributed by atoms with Gasteiger partial charge in [-0.25, -0.2) is 4.79 Å². The molecule has 0 saturated carbocycles. The Balaban J connectivity index is 5.64. The molecule has 12 heteroatoms. The number of carbonyl (C=O) groups excluding carboxylic acids is 4. The fourth-order valence-corrected chi connectivity index (χ4v) is 2.96. The minimum absolute atomic E-state index is 0.0799. The van der Waals surface area contributed by atoms with E-state index in [1.807, 2.05) is 6.92 Å². The number of hydrogen-bond donors (Lipinski definition) is 7. The molecule has 0 spiro atoms. The third-order valence-electron chi connectivity index (χ3n) is 5.42. The van der Waals surface area contributed by atoms with E-state index in [4.69, 9.17) is 11.5 Å². The average Bonchev–Trinajstić information content (AvgIpc) is 2.75. The normalized spacial score (nSPS) is 16.6. The summed E-state index contributed by atoms with van der Waals surface area (Å²) in [6.07, 6.45) is 0.714. The van der Waals surface area contributed by atoms with Crippen molar-refractivity contribution in [2.45, 2.75) is 77.5 Å². The van der Waals surface area contributed by atoms with E-state index in [0.29, 0.717) is 12.8 Å². The lowest BCUT2D eigenvalue weighted by atomic mass is 9.96. The highest BCUT2D eigenvalue weighted by Gasteiger charge is 2.33. The fourth-order valence-electron chi connectivity index (χ4n) is 2.80. The van der Waals surface area contributed by atoms with E-state index < -0.39 is 53.8 Å². The summed E-state index contributed by atoms with van der Waals surface area (Å²) < 4.78 is 0. The van der Waals surface area contributed by atoms with Gasteiger partial charge in [0.25, 0.3) is 0 Å². The minimum Gasteiger partial charge on any atom is -0.480 e. The van der Waals surface area contributed by atoms with E-state index in [1.165, 1.54) is 0 Å². The summed E-state index contributed by atoms with van der Waals surface area (Å²) in [5.74, 6) is -4.44. The van der Waals surface area contributed by atoms with E-state index in [9.17, 15) is 29.1 Å². The molecule has 11 nitrogen and oxygen atoms in total. The number of rotatable bonds is 15. The van der Waals surface area contributed by atoms with E-state index >= 15 is 0 Å². The van der Waals surface area contributed by atoms with Crippen LogP contribution in [0.3, 0.4) is 0 Å². The van der Waals surface area contributed by atoms with Crippen molar-refractivity contribution in [2.24, 2.45) is 23.3 Å². The summed E-state index contributed by atoms with van der Waals surface area (Å²) in [7, 11) is 0. The summed E-state index contributed by atoms with van der Waals surface area (Å²) in [5.41, 5.74) is 10.8. The topological polar surface area (TPSA) is 194 Å².